The predicted molar refractivity (Wildman–Crippen MR) is 77.2 cm³/mol. The molecule has 0 aliphatic heterocycles. The van der Waals surface area contributed by atoms with Crippen LogP contribution in [0.5, 0.6) is 17.2 Å². The van der Waals surface area contributed by atoms with Crippen molar-refractivity contribution < 1.29 is 14.2 Å². The maximum Gasteiger partial charge on any atom is 0.204 e. The Morgan fingerprint density at radius 2 is 1.74 bits per heavy atom. The SMILES string of the molecule is C=CC(C)Oc1c(OC)cc(CC(C)N)cc1OC. The zero-order valence-electron chi connectivity index (χ0n) is 12.1. The van der Waals surface area contributed by atoms with Gasteiger partial charge >= 0.3 is 0 Å². The highest BCUT2D eigenvalue weighted by Gasteiger charge is 2.16. The first kappa shape index (κ1) is 15.4. The van der Waals surface area contributed by atoms with E-state index in [0.717, 1.165) is 12.0 Å². The van der Waals surface area contributed by atoms with Crippen LogP contribution in [-0.2, 0) is 6.42 Å². The topological polar surface area (TPSA) is 53.7 Å². The molecule has 19 heavy (non-hydrogen) atoms. The Labute approximate surface area is 115 Å². The lowest BCUT2D eigenvalue weighted by atomic mass is 10.1. The summed E-state index contributed by atoms with van der Waals surface area (Å²) in [5.74, 6) is 1.87. The second-order valence-electron chi connectivity index (χ2n) is 4.57. The van der Waals surface area contributed by atoms with Gasteiger partial charge < -0.3 is 19.9 Å². The standard InChI is InChI=1S/C15H23NO3/c1-6-11(3)19-15-13(17-4)8-12(7-10(2)16)9-14(15)18-5/h6,8-11H,1,7,16H2,2-5H3. The first-order valence-corrected chi connectivity index (χ1v) is 6.31. The van der Waals surface area contributed by atoms with Gasteiger partial charge in [0.1, 0.15) is 6.10 Å². The summed E-state index contributed by atoms with van der Waals surface area (Å²) in [4.78, 5) is 0. The molecule has 0 aromatic heterocycles. The molecule has 1 rings (SSSR count). The molecule has 0 heterocycles. The third-order valence-electron chi connectivity index (χ3n) is 2.71. The van der Waals surface area contributed by atoms with Crippen molar-refractivity contribution in [2.75, 3.05) is 14.2 Å². The van der Waals surface area contributed by atoms with E-state index in [1.165, 1.54) is 0 Å². The summed E-state index contributed by atoms with van der Waals surface area (Å²) in [5, 5.41) is 0. The molecule has 0 aliphatic rings. The minimum Gasteiger partial charge on any atom is -0.493 e. The van der Waals surface area contributed by atoms with Crippen LogP contribution >= 0.6 is 0 Å². The van der Waals surface area contributed by atoms with Gasteiger partial charge in [-0.2, -0.15) is 0 Å². The third kappa shape index (κ3) is 4.17. The number of hydrogen-bond acceptors (Lipinski definition) is 4. The minimum atomic E-state index is -0.123. The summed E-state index contributed by atoms with van der Waals surface area (Å²) in [6.45, 7) is 7.57. The highest BCUT2D eigenvalue weighted by atomic mass is 16.5. The van der Waals surface area contributed by atoms with Gasteiger partial charge in [0.2, 0.25) is 5.75 Å². The first-order chi connectivity index (χ1) is 9.01. The van der Waals surface area contributed by atoms with Gasteiger partial charge in [-0.25, -0.2) is 0 Å². The molecule has 1 aromatic rings. The fourth-order valence-corrected chi connectivity index (χ4v) is 1.77. The van der Waals surface area contributed by atoms with Crippen LogP contribution in [0.2, 0.25) is 0 Å². The summed E-state index contributed by atoms with van der Waals surface area (Å²) in [6, 6.07) is 3.93. The van der Waals surface area contributed by atoms with E-state index in [1.807, 2.05) is 26.0 Å². The number of ether oxygens (including phenoxy) is 3. The molecule has 0 aliphatic carbocycles. The van der Waals surface area contributed by atoms with Crippen LogP contribution in [0.4, 0.5) is 0 Å². The van der Waals surface area contributed by atoms with E-state index in [-0.39, 0.29) is 12.1 Å². The summed E-state index contributed by atoms with van der Waals surface area (Å²) < 4.78 is 16.5. The number of nitrogens with two attached hydrogens (primary N) is 1. The predicted octanol–water partition coefficient (Wildman–Crippen LogP) is 2.55. The third-order valence-corrected chi connectivity index (χ3v) is 2.71. The van der Waals surface area contributed by atoms with Gasteiger partial charge in [0.05, 0.1) is 14.2 Å². The van der Waals surface area contributed by atoms with Crippen molar-refractivity contribution >= 4 is 0 Å². The number of benzene rings is 1. The monoisotopic (exact) mass is 265 g/mol. The van der Waals surface area contributed by atoms with Crippen LogP contribution in [0.1, 0.15) is 19.4 Å². The lowest BCUT2D eigenvalue weighted by Gasteiger charge is -2.18. The smallest absolute Gasteiger partial charge is 0.204 e. The zero-order chi connectivity index (χ0) is 14.4. The van der Waals surface area contributed by atoms with E-state index in [4.69, 9.17) is 19.9 Å². The molecule has 4 heteroatoms. The Kier molecular flexibility index (Phi) is 5.70. The zero-order valence-corrected chi connectivity index (χ0v) is 12.1. The highest BCUT2D eigenvalue weighted by Crippen LogP contribution is 2.39. The van der Waals surface area contributed by atoms with Gasteiger partial charge in [0, 0.05) is 6.04 Å². The molecule has 0 bridgehead atoms. The van der Waals surface area contributed by atoms with Crippen molar-refractivity contribution in [1.82, 2.24) is 0 Å². The number of hydrogen-bond donors (Lipinski definition) is 1. The molecule has 0 saturated carbocycles. The molecule has 106 valence electrons. The maximum absolute atomic E-state index is 5.82. The molecule has 0 radical (unpaired) electrons. The Morgan fingerprint density at radius 3 is 2.11 bits per heavy atom. The minimum absolute atomic E-state index is 0.0771. The molecule has 2 unspecified atom stereocenters. The quantitative estimate of drug-likeness (QED) is 0.770. The van der Waals surface area contributed by atoms with Gasteiger partial charge in [-0.3, -0.25) is 0 Å². The van der Waals surface area contributed by atoms with Crippen LogP contribution in [-0.4, -0.2) is 26.4 Å². The molecule has 4 nitrogen and oxygen atoms in total. The lowest BCUT2D eigenvalue weighted by molar-refractivity contribution is 0.240. The van der Waals surface area contributed by atoms with Crippen molar-refractivity contribution in [3.63, 3.8) is 0 Å². The molecular formula is C15H23NO3. The summed E-state index contributed by atoms with van der Waals surface area (Å²) >= 11 is 0. The fourth-order valence-electron chi connectivity index (χ4n) is 1.77. The van der Waals surface area contributed by atoms with Crippen LogP contribution in [0.25, 0.3) is 0 Å². The molecule has 2 atom stereocenters. The second kappa shape index (κ2) is 7.04. The fraction of sp³-hybridized carbons (Fsp3) is 0.467. The second-order valence-corrected chi connectivity index (χ2v) is 4.57. The molecular weight excluding hydrogens is 242 g/mol. The van der Waals surface area contributed by atoms with E-state index in [1.54, 1.807) is 20.3 Å². The summed E-state index contributed by atoms with van der Waals surface area (Å²) in [6.07, 6.45) is 2.35. The Bertz CT molecular complexity index is 404. The molecule has 0 amide bonds. The van der Waals surface area contributed by atoms with Crippen molar-refractivity contribution in [2.24, 2.45) is 5.73 Å². The Hall–Kier alpha value is -1.68. The van der Waals surface area contributed by atoms with Gasteiger partial charge in [0.25, 0.3) is 0 Å². The van der Waals surface area contributed by atoms with Crippen LogP contribution < -0.4 is 19.9 Å². The van der Waals surface area contributed by atoms with Crippen molar-refractivity contribution in [1.29, 1.82) is 0 Å². The molecule has 0 saturated heterocycles. The highest BCUT2D eigenvalue weighted by molar-refractivity contribution is 5.54. The average Bonchev–Trinajstić information content (AvgIpc) is 2.38. The molecule has 0 spiro atoms. The maximum atomic E-state index is 5.82. The van der Waals surface area contributed by atoms with E-state index in [9.17, 15) is 0 Å². The van der Waals surface area contributed by atoms with Crippen molar-refractivity contribution in [3.8, 4) is 17.2 Å². The number of methoxy groups -OCH3 is 2. The van der Waals surface area contributed by atoms with Gasteiger partial charge in [-0.05, 0) is 38.0 Å². The Morgan fingerprint density at radius 1 is 1.21 bits per heavy atom. The van der Waals surface area contributed by atoms with E-state index >= 15 is 0 Å². The van der Waals surface area contributed by atoms with Crippen molar-refractivity contribution in [2.45, 2.75) is 32.4 Å². The van der Waals surface area contributed by atoms with Gasteiger partial charge in [0.15, 0.2) is 11.5 Å². The normalized spacial score (nSPS) is 13.5. The van der Waals surface area contributed by atoms with Crippen LogP contribution in [0, 0.1) is 0 Å². The van der Waals surface area contributed by atoms with Crippen LogP contribution in [0.15, 0.2) is 24.8 Å². The number of rotatable bonds is 7. The van der Waals surface area contributed by atoms with Gasteiger partial charge in [-0.15, -0.1) is 0 Å². The summed E-state index contributed by atoms with van der Waals surface area (Å²) in [7, 11) is 3.21. The largest absolute Gasteiger partial charge is 0.493 e. The lowest BCUT2D eigenvalue weighted by Crippen LogP contribution is -2.18. The van der Waals surface area contributed by atoms with Crippen molar-refractivity contribution in [3.05, 3.63) is 30.4 Å². The first-order valence-electron chi connectivity index (χ1n) is 6.31. The van der Waals surface area contributed by atoms with Gasteiger partial charge in [-0.1, -0.05) is 12.7 Å². The summed E-state index contributed by atoms with van der Waals surface area (Å²) in [5.41, 5.74) is 6.88. The van der Waals surface area contributed by atoms with Crippen LogP contribution in [0.3, 0.4) is 0 Å². The Balaban J connectivity index is 3.17. The molecule has 2 N–H and O–H groups in total. The van der Waals surface area contributed by atoms with E-state index in [2.05, 4.69) is 6.58 Å². The molecule has 0 fully saturated rings. The molecule has 1 aromatic carbocycles. The van der Waals surface area contributed by atoms with E-state index in [0.29, 0.717) is 17.2 Å². The average molecular weight is 265 g/mol. The van der Waals surface area contributed by atoms with E-state index < -0.39 is 0 Å².